The normalized spacial score (nSPS) is 31.7. The Bertz CT molecular complexity index is 1860. The highest BCUT2D eigenvalue weighted by Gasteiger charge is 2.62. The van der Waals surface area contributed by atoms with Crippen LogP contribution in [0.25, 0.3) is 6.08 Å². The van der Waals surface area contributed by atoms with Crippen LogP contribution in [-0.4, -0.2) is 90.3 Å². The standard InChI is InChI=1S/C39H51N5O9S/c1-38(2)18-9-8-11-25-12-10-13-26-21-43(23-30(25)26)37(49)53-28-19-32-33(45)41-39(35(47)42-54(50,51)29-16-17-29)20-27(39)14-6-4-3-5-7-15-31(34(46)44(32)22-28)40-36(48)52-24-38/h6,8,10-14,27-29,31-32H,3-5,7,9,15-24H2,1-2H3,(H,40,48)(H,41,45)(H,42,47)/b11-8-,14-6-/t27-,28+,31-,32-,39+/m0/s1. The molecule has 15 heteroatoms. The van der Waals surface area contributed by atoms with Gasteiger partial charge in [-0.1, -0.05) is 69.2 Å². The fraction of sp³-hybridized carbons (Fsp3) is 0.615. The lowest BCUT2D eigenvalue weighted by atomic mass is 9.88. The van der Waals surface area contributed by atoms with Crippen molar-refractivity contribution < 1.29 is 41.9 Å². The number of amides is 5. The molecule has 1 aromatic rings. The SMILES string of the molecule is CC1(C)CC/C=C\c2cccc3c2CN(C3)C(=O)O[C@@H]2C[C@H]3C(=O)N[C@]4(C(=O)NS(=O)(=O)C5CC5)C[C@@H]4/C=C\CCCCC[C@H](NC(=O)OC1)C(=O)N3C2. The number of hydrogen-bond acceptors (Lipinski definition) is 9. The van der Waals surface area contributed by atoms with Crippen LogP contribution >= 0.6 is 0 Å². The minimum absolute atomic E-state index is 0.0535. The maximum absolute atomic E-state index is 14.5. The summed E-state index contributed by atoms with van der Waals surface area (Å²) < 4.78 is 39.5. The molecule has 54 heavy (non-hydrogen) atoms. The summed E-state index contributed by atoms with van der Waals surface area (Å²) in [7, 11) is -3.90. The first kappa shape index (κ1) is 37.9. The van der Waals surface area contributed by atoms with Crippen molar-refractivity contribution in [1.29, 1.82) is 0 Å². The van der Waals surface area contributed by atoms with E-state index in [4.69, 9.17) is 9.47 Å². The average molecular weight is 766 g/mol. The molecule has 0 radical (unpaired) electrons. The summed E-state index contributed by atoms with van der Waals surface area (Å²) in [4.78, 5) is 72.3. The number of carbonyl (C=O) groups excluding carboxylic acids is 5. The van der Waals surface area contributed by atoms with E-state index in [0.29, 0.717) is 45.2 Å². The molecule has 3 N–H and O–H groups in total. The van der Waals surface area contributed by atoms with Crippen LogP contribution in [0.4, 0.5) is 9.59 Å². The van der Waals surface area contributed by atoms with E-state index in [1.807, 2.05) is 44.2 Å². The van der Waals surface area contributed by atoms with Crippen LogP contribution in [0.15, 0.2) is 36.4 Å². The zero-order valence-corrected chi connectivity index (χ0v) is 31.8. The third-order valence-corrected chi connectivity index (χ3v) is 13.4. The highest BCUT2D eigenvalue weighted by atomic mass is 32.2. The van der Waals surface area contributed by atoms with Crippen molar-refractivity contribution in [3.63, 3.8) is 0 Å². The molecule has 0 unspecified atom stereocenters. The van der Waals surface area contributed by atoms with Crippen LogP contribution in [0.5, 0.6) is 0 Å². The number of allylic oxidation sites excluding steroid dienone is 2. The van der Waals surface area contributed by atoms with E-state index < -0.39 is 74.8 Å². The maximum Gasteiger partial charge on any atom is 0.410 e. The summed E-state index contributed by atoms with van der Waals surface area (Å²) in [5.41, 5.74) is 1.16. The highest BCUT2D eigenvalue weighted by Crippen LogP contribution is 2.46. The van der Waals surface area contributed by atoms with Gasteiger partial charge in [0.05, 0.1) is 24.9 Å². The Labute approximate surface area is 316 Å². The van der Waals surface area contributed by atoms with Crippen molar-refractivity contribution in [2.24, 2.45) is 11.3 Å². The Morgan fingerprint density at radius 2 is 1.81 bits per heavy atom. The minimum atomic E-state index is -3.90. The third kappa shape index (κ3) is 8.30. The molecule has 0 aromatic heterocycles. The molecule has 292 valence electrons. The van der Waals surface area contributed by atoms with Gasteiger partial charge in [0, 0.05) is 18.9 Å². The average Bonchev–Trinajstić information content (AvgIpc) is 4.01. The molecule has 14 nitrogen and oxygen atoms in total. The zero-order valence-electron chi connectivity index (χ0n) is 31.0. The smallest absolute Gasteiger partial charge is 0.410 e. The quantitative estimate of drug-likeness (QED) is 0.383. The molecular formula is C39H51N5O9S. The van der Waals surface area contributed by atoms with Crippen molar-refractivity contribution in [2.45, 2.75) is 127 Å². The summed E-state index contributed by atoms with van der Waals surface area (Å²) >= 11 is 0. The molecule has 5 atom stereocenters. The molecular weight excluding hydrogens is 715 g/mol. The van der Waals surface area contributed by atoms with Crippen LogP contribution in [0.1, 0.15) is 101 Å². The number of sulfonamides is 1. The monoisotopic (exact) mass is 765 g/mol. The summed E-state index contributed by atoms with van der Waals surface area (Å²) in [6.45, 7) is 4.74. The van der Waals surface area contributed by atoms with E-state index in [1.54, 1.807) is 4.90 Å². The molecule has 2 aliphatic carbocycles. The second-order valence-electron chi connectivity index (χ2n) is 16.5. The van der Waals surface area contributed by atoms with E-state index in [1.165, 1.54) is 4.90 Å². The molecule has 6 aliphatic rings. The molecule has 1 aromatic carbocycles. The van der Waals surface area contributed by atoms with E-state index in [2.05, 4.69) is 27.5 Å². The van der Waals surface area contributed by atoms with Gasteiger partial charge >= 0.3 is 12.2 Å². The van der Waals surface area contributed by atoms with Crippen molar-refractivity contribution in [3.05, 3.63) is 53.1 Å². The van der Waals surface area contributed by atoms with Gasteiger partial charge < -0.3 is 25.0 Å². The van der Waals surface area contributed by atoms with E-state index in [-0.39, 0.29) is 31.4 Å². The number of carbonyl (C=O) groups is 5. The number of benzene rings is 1. The molecule has 5 bridgehead atoms. The van der Waals surface area contributed by atoms with Gasteiger partial charge in [-0.15, -0.1) is 0 Å². The predicted octanol–water partition coefficient (Wildman–Crippen LogP) is 4.04. The molecule has 4 aliphatic heterocycles. The Kier molecular flexibility index (Phi) is 10.5. The number of alkyl carbamates (subject to hydrolysis) is 1. The lowest BCUT2D eigenvalue weighted by molar-refractivity contribution is -0.141. The van der Waals surface area contributed by atoms with Gasteiger partial charge in [-0.2, -0.15) is 0 Å². The predicted molar refractivity (Wildman–Crippen MR) is 198 cm³/mol. The first-order valence-electron chi connectivity index (χ1n) is 19.3. The lowest BCUT2D eigenvalue weighted by Crippen LogP contribution is -2.58. The van der Waals surface area contributed by atoms with E-state index in [9.17, 15) is 32.4 Å². The lowest BCUT2D eigenvalue weighted by Gasteiger charge is -2.30. The van der Waals surface area contributed by atoms with Gasteiger partial charge in [0.25, 0.3) is 5.91 Å². The molecule has 7 rings (SSSR count). The first-order chi connectivity index (χ1) is 25.7. The molecule has 4 heterocycles. The summed E-state index contributed by atoms with van der Waals surface area (Å²) in [5, 5.41) is 4.97. The largest absolute Gasteiger partial charge is 0.449 e. The van der Waals surface area contributed by atoms with Gasteiger partial charge in [-0.05, 0) is 73.5 Å². The second kappa shape index (κ2) is 15.0. The molecule has 3 fully saturated rings. The third-order valence-electron chi connectivity index (χ3n) is 11.6. The van der Waals surface area contributed by atoms with Gasteiger partial charge in [0.2, 0.25) is 21.8 Å². The number of nitrogens with one attached hydrogen (secondary N) is 3. The molecule has 5 amide bonds. The van der Waals surface area contributed by atoms with Crippen molar-refractivity contribution >= 4 is 46.0 Å². The van der Waals surface area contributed by atoms with Gasteiger partial charge in [-0.3, -0.25) is 24.0 Å². The number of hydrogen-bond donors (Lipinski definition) is 3. The molecule has 0 spiro atoms. The van der Waals surface area contributed by atoms with Crippen LogP contribution in [-0.2, 0) is 47.0 Å². The molecule has 1 saturated heterocycles. The summed E-state index contributed by atoms with van der Waals surface area (Å²) in [6, 6.07) is 3.75. The van der Waals surface area contributed by atoms with Crippen LogP contribution in [0.2, 0.25) is 0 Å². The minimum Gasteiger partial charge on any atom is -0.449 e. The fourth-order valence-corrected chi connectivity index (χ4v) is 9.36. The number of ether oxygens (including phenoxy) is 2. The first-order valence-corrected chi connectivity index (χ1v) is 20.8. The molecule has 2 saturated carbocycles. The Morgan fingerprint density at radius 1 is 1.00 bits per heavy atom. The number of nitrogens with zero attached hydrogens (tertiary/aromatic N) is 2. The zero-order chi connectivity index (χ0) is 38.3. The number of rotatable bonds is 3. The highest BCUT2D eigenvalue weighted by molar-refractivity contribution is 7.91. The van der Waals surface area contributed by atoms with E-state index in [0.717, 1.165) is 42.4 Å². The van der Waals surface area contributed by atoms with Gasteiger partial charge in [-0.25, -0.2) is 18.0 Å². The number of fused-ring (bicyclic) bond motifs is 4. The van der Waals surface area contributed by atoms with Gasteiger partial charge in [0.15, 0.2) is 0 Å². The Balaban J connectivity index is 1.18. The maximum atomic E-state index is 14.5. The summed E-state index contributed by atoms with van der Waals surface area (Å²) in [6.07, 6.45) is 11.4. The van der Waals surface area contributed by atoms with Crippen LogP contribution < -0.4 is 15.4 Å². The van der Waals surface area contributed by atoms with Crippen LogP contribution in [0, 0.1) is 11.3 Å². The fourth-order valence-electron chi connectivity index (χ4n) is 8.00. The Morgan fingerprint density at radius 3 is 2.61 bits per heavy atom. The van der Waals surface area contributed by atoms with Crippen molar-refractivity contribution in [1.82, 2.24) is 25.2 Å². The van der Waals surface area contributed by atoms with Gasteiger partial charge in [0.1, 0.15) is 23.7 Å². The van der Waals surface area contributed by atoms with Crippen molar-refractivity contribution in [2.75, 3.05) is 13.2 Å². The second-order valence-corrected chi connectivity index (χ2v) is 18.4. The summed E-state index contributed by atoms with van der Waals surface area (Å²) in [5.74, 6) is -2.45. The topological polar surface area (TPSA) is 181 Å². The Hall–Kier alpha value is -4.40. The van der Waals surface area contributed by atoms with E-state index >= 15 is 0 Å². The van der Waals surface area contributed by atoms with Crippen LogP contribution in [0.3, 0.4) is 0 Å². The van der Waals surface area contributed by atoms with Crippen molar-refractivity contribution in [3.8, 4) is 0 Å². The number of cyclic esters (lactones) is 1.